The Morgan fingerprint density at radius 1 is 1.12 bits per heavy atom. The SMILES string of the molecule is O=C(/C=C/c1cccc(S(=O)(=O)c2ccc3cc(Cl)ccc3n2)c1)NO. The van der Waals surface area contributed by atoms with E-state index in [-0.39, 0.29) is 9.92 Å². The number of halogens is 1. The molecule has 0 spiro atoms. The number of amides is 1. The summed E-state index contributed by atoms with van der Waals surface area (Å²) in [4.78, 5) is 15.3. The number of carbonyl (C=O) groups excluding carboxylic acids is 1. The smallest absolute Gasteiger partial charge is 0.267 e. The molecule has 0 aliphatic carbocycles. The molecule has 26 heavy (non-hydrogen) atoms. The summed E-state index contributed by atoms with van der Waals surface area (Å²) in [5.41, 5.74) is 2.47. The molecule has 0 aliphatic rings. The van der Waals surface area contributed by atoms with Crippen molar-refractivity contribution in [2.24, 2.45) is 0 Å². The van der Waals surface area contributed by atoms with Gasteiger partial charge in [0.25, 0.3) is 5.91 Å². The Labute approximate surface area is 154 Å². The van der Waals surface area contributed by atoms with Crippen LogP contribution in [-0.2, 0) is 14.6 Å². The molecule has 132 valence electrons. The van der Waals surface area contributed by atoms with Gasteiger partial charge in [0.2, 0.25) is 9.84 Å². The number of benzene rings is 2. The van der Waals surface area contributed by atoms with E-state index in [9.17, 15) is 13.2 Å². The Morgan fingerprint density at radius 3 is 2.69 bits per heavy atom. The van der Waals surface area contributed by atoms with Crippen LogP contribution in [0.3, 0.4) is 0 Å². The highest BCUT2D eigenvalue weighted by Crippen LogP contribution is 2.24. The average molecular weight is 389 g/mol. The molecular formula is C18H13ClN2O4S. The highest BCUT2D eigenvalue weighted by molar-refractivity contribution is 7.91. The summed E-state index contributed by atoms with van der Waals surface area (Å²) in [7, 11) is -3.84. The first-order valence-corrected chi connectivity index (χ1v) is 9.30. The lowest BCUT2D eigenvalue weighted by Gasteiger charge is -2.06. The van der Waals surface area contributed by atoms with Crippen LogP contribution in [0.1, 0.15) is 5.56 Å². The third-order valence-electron chi connectivity index (χ3n) is 3.61. The van der Waals surface area contributed by atoms with Gasteiger partial charge in [0.05, 0.1) is 10.4 Å². The lowest BCUT2D eigenvalue weighted by molar-refractivity contribution is -0.124. The van der Waals surface area contributed by atoms with Crippen molar-refractivity contribution in [1.29, 1.82) is 0 Å². The first-order chi connectivity index (χ1) is 12.4. The molecule has 0 aliphatic heterocycles. The summed E-state index contributed by atoms with van der Waals surface area (Å²) < 4.78 is 25.7. The van der Waals surface area contributed by atoms with Crippen LogP contribution in [-0.4, -0.2) is 24.5 Å². The zero-order valence-corrected chi connectivity index (χ0v) is 14.8. The van der Waals surface area contributed by atoms with E-state index in [1.807, 2.05) is 0 Å². The van der Waals surface area contributed by atoms with Crippen LogP contribution in [0.15, 0.2) is 70.6 Å². The summed E-state index contributed by atoms with van der Waals surface area (Å²) in [6.45, 7) is 0. The van der Waals surface area contributed by atoms with Crippen molar-refractivity contribution in [1.82, 2.24) is 10.5 Å². The Bertz CT molecular complexity index is 1130. The predicted octanol–water partition coefficient (Wildman–Crippen LogP) is 3.24. The number of carbonyl (C=O) groups is 1. The molecule has 0 bridgehead atoms. The maximum atomic E-state index is 12.9. The van der Waals surface area contributed by atoms with Crippen LogP contribution in [0, 0.1) is 0 Å². The monoisotopic (exact) mass is 388 g/mol. The van der Waals surface area contributed by atoms with Gasteiger partial charge >= 0.3 is 0 Å². The van der Waals surface area contributed by atoms with Gasteiger partial charge in [-0.1, -0.05) is 23.7 Å². The van der Waals surface area contributed by atoms with E-state index in [4.69, 9.17) is 16.8 Å². The third-order valence-corrected chi connectivity index (χ3v) is 5.49. The molecule has 0 saturated heterocycles. The van der Waals surface area contributed by atoms with E-state index in [1.165, 1.54) is 29.8 Å². The molecule has 6 nitrogen and oxygen atoms in total. The van der Waals surface area contributed by atoms with Gasteiger partial charge in [0.1, 0.15) is 0 Å². The zero-order chi connectivity index (χ0) is 18.7. The quantitative estimate of drug-likeness (QED) is 0.406. The molecule has 0 fully saturated rings. The second kappa shape index (κ2) is 7.25. The minimum absolute atomic E-state index is 0.0462. The number of nitrogens with one attached hydrogen (secondary N) is 1. The fourth-order valence-electron chi connectivity index (χ4n) is 2.34. The standard InChI is InChI=1S/C18H13ClN2O4S/c19-14-6-7-16-13(11-14)5-9-18(20-16)26(24,25)15-3-1-2-12(10-15)4-8-17(22)21-23/h1-11,23H,(H,21,22)/b8-4+. The Morgan fingerprint density at radius 2 is 1.92 bits per heavy atom. The highest BCUT2D eigenvalue weighted by Gasteiger charge is 2.19. The zero-order valence-electron chi connectivity index (χ0n) is 13.3. The summed E-state index contributed by atoms with van der Waals surface area (Å²) in [6, 6.07) is 14.1. The first-order valence-electron chi connectivity index (χ1n) is 7.44. The molecule has 3 rings (SSSR count). The van der Waals surface area contributed by atoms with Gasteiger partial charge in [0, 0.05) is 16.5 Å². The number of nitrogens with zero attached hydrogens (tertiary/aromatic N) is 1. The molecule has 2 aromatic carbocycles. The van der Waals surface area contributed by atoms with Crippen molar-refractivity contribution >= 4 is 44.3 Å². The molecule has 1 amide bonds. The Balaban J connectivity index is 2.01. The van der Waals surface area contributed by atoms with Crippen LogP contribution in [0.2, 0.25) is 5.02 Å². The van der Waals surface area contributed by atoms with Gasteiger partial charge in [-0.15, -0.1) is 0 Å². The summed E-state index contributed by atoms with van der Waals surface area (Å²) in [5.74, 6) is -0.715. The van der Waals surface area contributed by atoms with Crippen LogP contribution in [0.5, 0.6) is 0 Å². The molecule has 1 heterocycles. The van der Waals surface area contributed by atoms with Gasteiger partial charge in [0.15, 0.2) is 5.03 Å². The van der Waals surface area contributed by atoms with Gasteiger partial charge in [-0.3, -0.25) is 10.0 Å². The maximum absolute atomic E-state index is 12.9. The normalized spacial score (nSPS) is 11.8. The molecule has 2 N–H and O–H groups in total. The number of sulfone groups is 1. The molecular weight excluding hydrogens is 376 g/mol. The molecule has 0 saturated carbocycles. The maximum Gasteiger partial charge on any atom is 0.267 e. The van der Waals surface area contributed by atoms with Crippen LogP contribution in [0.4, 0.5) is 0 Å². The summed E-state index contributed by atoms with van der Waals surface area (Å²) in [5, 5.41) is 9.69. The number of rotatable bonds is 4. The molecule has 0 unspecified atom stereocenters. The fourth-order valence-corrected chi connectivity index (χ4v) is 3.78. The average Bonchev–Trinajstić information content (AvgIpc) is 2.65. The van der Waals surface area contributed by atoms with E-state index >= 15 is 0 Å². The van der Waals surface area contributed by atoms with Crippen LogP contribution in [0.25, 0.3) is 17.0 Å². The molecule has 8 heteroatoms. The minimum Gasteiger partial charge on any atom is -0.288 e. The van der Waals surface area contributed by atoms with Crippen molar-refractivity contribution in [3.63, 3.8) is 0 Å². The van der Waals surface area contributed by atoms with Crippen LogP contribution < -0.4 is 5.48 Å². The predicted molar refractivity (Wildman–Crippen MR) is 97.6 cm³/mol. The number of pyridine rings is 1. The highest BCUT2D eigenvalue weighted by atomic mass is 35.5. The first kappa shape index (κ1) is 18.1. The molecule has 1 aromatic heterocycles. The number of aromatic nitrogens is 1. The van der Waals surface area contributed by atoms with Gasteiger partial charge < -0.3 is 0 Å². The van der Waals surface area contributed by atoms with E-state index in [2.05, 4.69) is 4.98 Å². The third kappa shape index (κ3) is 3.75. The van der Waals surface area contributed by atoms with Crippen molar-refractivity contribution in [3.05, 3.63) is 71.3 Å². The van der Waals surface area contributed by atoms with Crippen LogP contribution >= 0.6 is 11.6 Å². The molecule has 0 radical (unpaired) electrons. The van der Waals surface area contributed by atoms with Crippen molar-refractivity contribution in [3.8, 4) is 0 Å². The summed E-state index contributed by atoms with van der Waals surface area (Å²) >= 11 is 5.93. The van der Waals surface area contributed by atoms with Gasteiger partial charge in [-0.25, -0.2) is 18.9 Å². The Hall–Kier alpha value is -2.74. The second-order valence-electron chi connectivity index (χ2n) is 5.37. The number of hydrogen-bond donors (Lipinski definition) is 2. The number of fused-ring (bicyclic) bond motifs is 1. The second-order valence-corrected chi connectivity index (χ2v) is 7.70. The summed E-state index contributed by atoms with van der Waals surface area (Å²) in [6.07, 6.45) is 2.48. The number of hydrogen-bond acceptors (Lipinski definition) is 5. The van der Waals surface area contributed by atoms with E-state index in [0.717, 1.165) is 11.5 Å². The molecule has 0 atom stereocenters. The largest absolute Gasteiger partial charge is 0.288 e. The van der Waals surface area contributed by atoms with Gasteiger partial charge in [-0.2, -0.15) is 0 Å². The van der Waals surface area contributed by atoms with E-state index in [0.29, 0.717) is 16.1 Å². The topological polar surface area (TPSA) is 96.4 Å². The fraction of sp³-hybridized carbons (Fsp3) is 0. The van der Waals surface area contributed by atoms with Crippen molar-refractivity contribution in [2.45, 2.75) is 9.92 Å². The molecule has 3 aromatic rings. The lowest BCUT2D eigenvalue weighted by Crippen LogP contribution is -2.14. The number of hydroxylamine groups is 1. The lowest BCUT2D eigenvalue weighted by atomic mass is 10.2. The Kier molecular flexibility index (Phi) is 5.03. The minimum atomic E-state index is -3.84. The van der Waals surface area contributed by atoms with E-state index in [1.54, 1.807) is 36.4 Å². The van der Waals surface area contributed by atoms with Crippen molar-refractivity contribution in [2.75, 3.05) is 0 Å². The van der Waals surface area contributed by atoms with E-state index < -0.39 is 15.7 Å². The van der Waals surface area contributed by atoms with Crippen molar-refractivity contribution < 1.29 is 18.4 Å². The van der Waals surface area contributed by atoms with Gasteiger partial charge in [-0.05, 0) is 54.1 Å².